The summed E-state index contributed by atoms with van der Waals surface area (Å²) in [7, 11) is 3.30. The van der Waals surface area contributed by atoms with E-state index >= 15 is 0 Å². The van der Waals surface area contributed by atoms with Crippen LogP contribution in [0.25, 0.3) is 11.4 Å². The number of nitrogens with zero attached hydrogens (tertiary/aromatic N) is 3. The Morgan fingerprint density at radius 3 is 2.55 bits per heavy atom. The quantitative estimate of drug-likeness (QED) is 0.921. The van der Waals surface area contributed by atoms with Gasteiger partial charge in [-0.25, -0.2) is 0 Å². The van der Waals surface area contributed by atoms with Crippen molar-refractivity contribution >= 4 is 0 Å². The van der Waals surface area contributed by atoms with Gasteiger partial charge in [-0.2, -0.15) is 0 Å². The zero-order valence-corrected chi connectivity index (χ0v) is 11.9. The Hall–Kier alpha value is -2.08. The molecule has 1 N–H and O–H groups in total. The molecule has 6 heteroatoms. The summed E-state index contributed by atoms with van der Waals surface area (Å²) in [6, 6.07) is 5.91. The number of benzene rings is 1. The van der Waals surface area contributed by atoms with Gasteiger partial charge in [-0.15, -0.1) is 10.2 Å². The molecule has 0 saturated carbocycles. The van der Waals surface area contributed by atoms with Crippen LogP contribution < -0.4 is 14.8 Å². The first-order valence-electron chi connectivity index (χ1n) is 6.64. The Bertz CT molecular complexity index is 601. The average Bonchev–Trinajstić information content (AvgIpc) is 2.91. The summed E-state index contributed by atoms with van der Waals surface area (Å²) in [5, 5.41) is 12.0. The summed E-state index contributed by atoms with van der Waals surface area (Å²) in [5.41, 5.74) is 0.852. The Morgan fingerprint density at radius 2 is 1.90 bits per heavy atom. The van der Waals surface area contributed by atoms with E-state index in [1.807, 2.05) is 18.2 Å². The van der Waals surface area contributed by atoms with Crippen LogP contribution in [0, 0.1) is 0 Å². The van der Waals surface area contributed by atoms with Crippen molar-refractivity contribution in [2.24, 2.45) is 0 Å². The Labute approximate surface area is 117 Å². The Balaban J connectivity index is 2.19. The highest BCUT2D eigenvalue weighted by Crippen LogP contribution is 2.38. The molecule has 1 aromatic carbocycles. The van der Waals surface area contributed by atoms with E-state index in [0.29, 0.717) is 0 Å². The molecule has 0 fully saturated rings. The van der Waals surface area contributed by atoms with E-state index in [-0.39, 0.29) is 6.04 Å². The van der Waals surface area contributed by atoms with Crippen molar-refractivity contribution in [1.82, 2.24) is 20.1 Å². The van der Waals surface area contributed by atoms with E-state index in [2.05, 4.69) is 27.0 Å². The molecule has 2 heterocycles. The molecular weight excluding hydrogens is 256 g/mol. The summed E-state index contributed by atoms with van der Waals surface area (Å²) < 4.78 is 13.0. The number of fused-ring (bicyclic) bond motifs is 1. The van der Waals surface area contributed by atoms with Gasteiger partial charge in [0.1, 0.15) is 22.9 Å². The number of aromatic nitrogens is 3. The van der Waals surface area contributed by atoms with Crippen LogP contribution in [0.4, 0.5) is 0 Å². The van der Waals surface area contributed by atoms with Crippen LogP contribution in [0.1, 0.15) is 18.8 Å². The van der Waals surface area contributed by atoms with Gasteiger partial charge >= 0.3 is 0 Å². The number of methoxy groups -OCH3 is 2. The second-order valence-corrected chi connectivity index (χ2v) is 4.75. The molecule has 1 aliphatic rings. The minimum atomic E-state index is 0.200. The molecule has 1 aromatic heterocycles. The zero-order valence-electron chi connectivity index (χ0n) is 11.9. The van der Waals surface area contributed by atoms with Crippen molar-refractivity contribution in [3.05, 3.63) is 24.0 Å². The third-order valence-corrected chi connectivity index (χ3v) is 3.60. The van der Waals surface area contributed by atoms with Crippen molar-refractivity contribution in [2.75, 3.05) is 20.8 Å². The maximum atomic E-state index is 5.45. The fourth-order valence-corrected chi connectivity index (χ4v) is 2.60. The maximum absolute atomic E-state index is 5.45. The first kappa shape index (κ1) is 12.9. The normalized spacial score (nSPS) is 17.6. The van der Waals surface area contributed by atoms with Crippen molar-refractivity contribution in [2.45, 2.75) is 19.5 Å². The molecule has 3 rings (SSSR count). The third-order valence-electron chi connectivity index (χ3n) is 3.60. The van der Waals surface area contributed by atoms with Crippen LogP contribution in [0.3, 0.4) is 0 Å². The zero-order chi connectivity index (χ0) is 14.1. The van der Waals surface area contributed by atoms with Gasteiger partial charge in [-0.3, -0.25) is 0 Å². The highest BCUT2D eigenvalue weighted by Gasteiger charge is 2.25. The molecule has 0 spiro atoms. The smallest absolute Gasteiger partial charge is 0.171 e. The lowest BCUT2D eigenvalue weighted by Gasteiger charge is -2.22. The van der Waals surface area contributed by atoms with E-state index in [4.69, 9.17) is 9.47 Å². The van der Waals surface area contributed by atoms with Crippen LogP contribution in [-0.2, 0) is 6.54 Å². The van der Waals surface area contributed by atoms with Crippen molar-refractivity contribution in [3.63, 3.8) is 0 Å². The lowest BCUT2D eigenvalue weighted by atomic mass is 10.1. The topological polar surface area (TPSA) is 61.2 Å². The number of hydrogen-bond acceptors (Lipinski definition) is 5. The molecule has 1 atom stereocenters. The molecule has 1 aliphatic heterocycles. The second kappa shape index (κ2) is 5.13. The summed E-state index contributed by atoms with van der Waals surface area (Å²) in [6.07, 6.45) is 0. The number of nitrogens with one attached hydrogen (secondary N) is 1. The van der Waals surface area contributed by atoms with Crippen LogP contribution in [-0.4, -0.2) is 35.5 Å². The van der Waals surface area contributed by atoms with E-state index in [1.54, 1.807) is 14.2 Å². The first-order chi connectivity index (χ1) is 9.76. The predicted molar refractivity (Wildman–Crippen MR) is 75.0 cm³/mol. The molecule has 2 aromatic rings. The van der Waals surface area contributed by atoms with Crippen molar-refractivity contribution < 1.29 is 9.47 Å². The SMILES string of the molecule is COc1cccc(OC)c1-c1nnc2n1CCNC2C. The first-order valence-corrected chi connectivity index (χ1v) is 6.64. The molecule has 0 bridgehead atoms. The van der Waals surface area contributed by atoms with E-state index in [1.165, 1.54) is 0 Å². The van der Waals surface area contributed by atoms with Gasteiger partial charge in [0, 0.05) is 13.1 Å². The number of ether oxygens (including phenoxy) is 2. The van der Waals surface area contributed by atoms with Crippen LogP contribution in [0.15, 0.2) is 18.2 Å². The highest BCUT2D eigenvalue weighted by atomic mass is 16.5. The molecule has 0 radical (unpaired) electrons. The molecule has 6 nitrogen and oxygen atoms in total. The summed E-state index contributed by atoms with van der Waals surface area (Å²) in [6.45, 7) is 3.82. The minimum absolute atomic E-state index is 0.200. The predicted octanol–water partition coefficient (Wildman–Crippen LogP) is 1.63. The highest BCUT2D eigenvalue weighted by molar-refractivity contribution is 5.72. The fourth-order valence-electron chi connectivity index (χ4n) is 2.60. The summed E-state index contributed by atoms with van der Waals surface area (Å²) in [4.78, 5) is 0. The fraction of sp³-hybridized carbons (Fsp3) is 0.429. The molecular formula is C14H18N4O2. The minimum Gasteiger partial charge on any atom is -0.496 e. The van der Waals surface area contributed by atoms with Gasteiger partial charge in [-0.05, 0) is 19.1 Å². The van der Waals surface area contributed by atoms with Crippen molar-refractivity contribution in [1.29, 1.82) is 0 Å². The van der Waals surface area contributed by atoms with E-state index in [0.717, 1.165) is 41.8 Å². The van der Waals surface area contributed by atoms with Crippen LogP contribution in [0.2, 0.25) is 0 Å². The van der Waals surface area contributed by atoms with Gasteiger partial charge < -0.3 is 19.4 Å². The Morgan fingerprint density at radius 1 is 1.20 bits per heavy atom. The number of rotatable bonds is 3. The lowest BCUT2D eigenvalue weighted by Crippen LogP contribution is -2.32. The number of hydrogen-bond donors (Lipinski definition) is 1. The monoisotopic (exact) mass is 274 g/mol. The lowest BCUT2D eigenvalue weighted by molar-refractivity contribution is 0.395. The van der Waals surface area contributed by atoms with Gasteiger partial charge in [-0.1, -0.05) is 6.07 Å². The van der Waals surface area contributed by atoms with Gasteiger partial charge in [0.25, 0.3) is 0 Å². The molecule has 0 aliphatic carbocycles. The molecule has 0 amide bonds. The van der Waals surface area contributed by atoms with Gasteiger partial charge in [0.2, 0.25) is 0 Å². The molecule has 0 saturated heterocycles. The van der Waals surface area contributed by atoms with Crippen LogP contribution in [0.5, 0.6) is 11.5 Å². The summed E-state index contributed by atoms with van der Waals surface area (Å²) >= 11 is 0. The van der Waals surface area contributed by atoms with Crippen molar-refractivity contribution in [3.8, 4) is 22.9 Å². The van der Waals surface area contributed by atoms with Gasteiger partial charge in [0.15, 0.2) is 5.82 Å². The molecule has 106 valence electrons. The average molecular weight is 274 g/mol. The van der Waals surface area contributed by atoms with E-state index in [9.17, 15) is 0 Å². The second-order valence-electron chi connectivity index (χ2n) is 4.75. The molecule has 20 heavy (non-hydrogen) atoms. The Kier molecular flexibility index (Phi) is 3.31. The summed E-state index contributed by atoms with van der Waals surface area (Å²) in [5.74, 6) is 3.22. The molecule has 1 unspecified atom stereocenters. The standard InChI is InChI=1S/C14H18N4O2/c1-9-13-16-17-14(18(13)8-7-15-9)12-10(19-2)5-4-6-11(12)20-3/h4-6,9,15H,7-8H2,1-3H3. The maximum Gasteiger partial charge on any atom is 0.171 e. The van der Waals surface area contributed by atoms with E-state index < -0.39 is 0 Å². The largest absolute Gasteiger partial charge is 0.496 e. The third kappa shape index (κ3) is 1.92. The van der Waals surface area contributed by atoms with Crippen LogP contribution >= 0.6 is 0 Å². The van der Waals surface area contributed by atoms with Gasteiger partial charge in [0.05, 0.1) is 20.3 Å².